The first-order valence-electron chi connectivity index (χ1n) is 4.28. The molecule has 0 unspecified atom stereocenters. The summed E-state index contributed by atoms with van der Waals surface area (Å²) in [5, 5.41) is 9.56. The molecule has 69 valence electrons. The molecule has 0 aromatic heterocycles. The Labute approximate surface area is 78.2 Å². The summed E-state index contributed by atoms with van der Waals surface area (Å²) in [6.45, 7) is 5.72. The van der Waals surface area contributed by atoms with Crippen molar-refractivity contribution in [1.82, 2.24) is 0 Å². The van der Waals surface area contributed by atoms with Gasteiger partial charge < -0.3 is 5.11 Å². The van der Waals surface area contributed by atoms with E-state index < -0.39 is 0 Å². The second-order valence-electron chi connectivity index (χ2n) is 3.45. The number of hydrogen-bond donors (Lipinski definition) is 1. The van der Waals surface area contributed by atoms with E-state index in [1.807, 2.05) is 26.0 Å². The molecule has 1 rings (SSSR count). The van der Waals surface area contributed by atoms with E-state index in [2.05, 4.69) is 0 Å². The molecular formula is C11H13O2. The number of phenols is 1. The Morgan fingerprint density at radius 3 is 2.46 bits per heavy atom. The summed E-state index contributed by atoms with van der Waals surface area (Å²) in [5.74, 6) is 0.282. The van der Waals surface area contributed by atoms with Crippen LogP contribution in [0.4, 0.5) is 0 Å². The first-order valence-corrected chi connectivity index (χ1v) is 4.28. The van der Waals surface area contributed by atoms with Crippen molar-refractivity contribution in [3.8, 4) is 5.75 Å². The van der Waals surface area contributed by atoms with Gasteiger partial charge in [0.2, 0.25) is 6.29 Å². The minimum Gasteiger partial charge on any atom is -0.507 e. The summed E-state index contributed by atoms with van der Waals surface area (Å²) in [6.07, 6.45) is 1.79. The lowest BCUT2D eigenvalue weighted by Gasteiger charge is -2.10. The number of rotatable bonds is 2. The number of phenolic OH excluding ortho intramolecular Hbond substituents is 1. The number of aryl methyl sites for hydroxylation is 1. The van der Waals surface area contributed by atoms with Crippen LogP contribution in [0.2, 0.25) is 0 Å². The Balaban J connectivity index is 3.38. The van der Waals surface area contributed by atoms with E-state index in [-0.39, 0.29) is 11.7 Å². The normalized spacial score (nSPS) is 10.5. The zero-order chi connectivity index (χ0) is 10.0. The molecule has 0 heterocycles. The molecular weight excluding hydrogens is 164 g/mol. The monoisotopic (exact) mass is 177 g/mol. The highest BCUT2D eigenvalue weighted by Gasteiger charge is 2.12. The van der Waals surface area contributed by atoms with E-state index in [0.717, 1.165) is 5.56 Å². The fourth-order valence-electron chi connectivity index (χ4n) is 1.30. The van der Waals surface area contributed by atoms with Crippen molar-refractivity contribution in [2.75, 3.05) is 0 Å². The molecule has 0 saturated carbocycles. The zero-order valence-electron chi connectivity index (χ0n) is 8.09. The predicted octanol–water partition coefficient (Wildman–Crippen LogP) is 2.28. The summed E-state index contributed by atoms with van der Waals surface area (Å²) in [7, 11) is 0. The number of hydrogen-bond acceptors (Lipinski definition) is 2. The maximum atomic E-state index is 10.6. The van der Waals surface area contributed by atoms with Gasteiger partial charge >= 0.3 is 0 Å². The highest BCUT2D eigenvalue weighted by atomic mass is 16.3. The molecule has 0 atom stereocenters. The van der Waals surface area contributed by atoms with Gasteiger partial charge in [-0.3, -0.25) is 4.79 Å². The van der Waals surface area contributed by atoms with E-state index in [9.17, 15) is 9.90 Å². The molecule has 0 amide bonds. The van der Waals surface area contributed by atoms with Crippen LogP contribution < -0.4 is 0 Å². The topological polar surface area (TPSA) is 37.3 Å². The number of carbonyl (C=O) groups excluding carboxylic acids is 1. The molecule has 1 aromatic carbocycles. The second-order valence-corrected chi connectivity index (χ2v) is 3.45. The van der Waals surface area contributed by atoms with Gasteiger partial charge in [-0.25, -0.2) is 0 Å². The van der Waals surface area contributed by atoms with Crippen molar-refractivity contribution in [1.29, 1.82) is 0 Å². The molecule has 0 fully saturated rings. The van der Waals surface area contributed by atoms with Crippen molar-refractivity contribution in [3.05, 3.63) is 28.8 Å². The third kappa shape index (κ3) is 1.72. The summed E-state index contributed by atoms with van der Waals surface area (Å²) >= 11 is 0. The first kappa shape index (κ1) is 9.78. The lowest BCUT2D eigenvalue weighted by atomic mass is 9.95. The Bertz CT molecular complexity index is 327. The van der Waals surface area contributed by atoms with Gasteiger partial charge in [0, 0.05) is 0 Å². The van der Waals surface area contributed by atoms with Crippen LogP contribution in [0.3, 0.4) is 0 Å². The molecule has 0 aliphatic heterocycles. The van der Waals surface area contributed by atoms with Crippen LogP contribution in [0, 0.1) is 6.92 Å². The van der Waals surface area contributed by atoms with Gasteiger partial charge in [0.25, 0.3) is 0 Å². The largest absolute Gasteiger partial charge is 0.507 e. The molecule has 0 spiro atoms. The van der Waals surface area contributed by atoms with Gasteiger partial charge in [-0.1, -0.05) is 26.0 Å². The Hall–Kier alpha value is -1.31. The van der Waals surface area contributed by atoms with Crippen LogP contribution >= 0.6 is 0 Å². The van der Waals surface area contributed by atoms with Crippen molar-refractivity contribution >= 4 is 6.29 Å². The number of benzene rings is 1. The smallest absolute Gasteiger partial charge is 0.237 e. The fourth-order valence-corrected chi connectivity index (χ4v) is 1.30. The quantitative estimate of drug-likeness (QED) is 0.752. The summed E-state index contributed by atoms with van der Waals surface area (Å²) < 4.78 is 0. The SMILES string of the molecule is Cc1ccc(C(C)C)c([C]=O)c1O. The van der Waals surface area contributed by atoms with Gasteiger partial charge in [-0.15, -0.1) is 0 Å². The molecule has 0 aliphatic rings. The Morgan fingerprint density at radius 2 is 2.00 bits per heavy atom. The van der Waals surface area contributed by atoms with Crippen LogP contribution in [0.5, 0.6) is 5.75 Å². The summed E-state index contributed by atoms with van der Waals surface area (Å²) in [4.78, 5) is 10.6. The average Bonchev–Trinajstić information content (AvgIpc) is 2.09. The van der Waals surface area contributed by atoms with Gasteiger partial charge in [0.15, 0.2) is 0 Å². The van der Waals surface area contributed by atoms with Crippen molar-refractivity contribution in [2.24, 2.45) is 0 Å². The van der Waals surface area contributed by atoms with Gasteiger partial charge in [0.1, 0.15) is 5.75 Å². The highest BCUT2D eigenvalue weighted by Crippen LogP contribution is 2.28. The molecule has 2 heteroatoms. The molecule has 0 aliphatic carbocycles. The third-order valence-corrected chi connectivity index (χ3v) is 2.14. The van der Waals surface area contributed by atoms with Gasteiger partial charge in [0.05, 0.1) is 5.56 Å². The first-order chi connectivity index (χ1) is 6.07. The zero-order valence-corrected chi connectivity index (χ0v) is 8.09. The lowest BCUT2D eigenvalue weighted by Crippen LogP contribution is -1.96. The average molecular weight is 177 g/mol. The molecule has 1 N–H and O–H groups in total. The maximum Gasteiger partial charge on any atom is 0.237 e. The van der Waals surface area contributed by atoms with Crippen LogP contribution in [0.25, 0.3) is 0 Å². The molecule has 2 nitrogen and oxygen atoms in total. The van der Waals surface area contributed by atoms with E-state index in [1.165, 1.54) is 0 Å². The van der Waals surface area contributed by atoms with Gasteiger partial charge in [-0.05, 0) is 24.0 Å². The Kier molecular flexibility index (Phi) is 2.71. The van der Waals surface area contributed by atoms with Crippen molar-refractivity contribution in [3.63, 3.8) is 0 Å². The lowest BCUT2D eigenvalue weighted by molar-refractivity contribution is 0.466. The fraction of sp³-hybridized carbons (Fsp3) is 0.364. The van der Waals surface area contributed by atoms with Crippen molar-refractivity contribution < 1.29 is 9.90 Å². The van der Waals surface area contributed by atoms with Crippen LogP contribution in [0.15, 0.2) is 12.1 Å². The predicted molar refractivity (Wildman–Crippen MR) is 51.7 cm³/mol. The summed E-state index contributed by atoms with van der Waals surface area (Å²) in [6, 6.07) is 3.67. The van der Waals surface area contributed by atoms with E-state index in [4.69, 9.17) is 0 Å². The minimum absolute atomic E-state index is 0.0567. The van der Waals surface area contributed by atoms with Gasteiger partial charge in [-0.2, -0.15) is 0 Å². The molecule has 13 heavy (non-hydrogen) atoms. The molecule has 0 saturated heterocycles. The second kappa shape index (κ2) is 3.60. The summed E-state index contributed by atoms with van der Waals surface area (Å²) in [5.41, 5.74) is 1.86. The number of aromatic hydroxyl groups is 1. The van der Waals surface area contributed by atoms with Crippen LogP contribution in [0.1, 0.15) is 36.5 Å². The van der Waals surface area contributed by atoms with Crippen LogP contribution in [-0.2, 0) is 4.79 Å². The minimum atomic E-state index is 0.0567. The standard InChI is InChI=1S/C11H13O2/c1-7(2)9-5-4-8(3)11(13)10(9)6-12/h4-5,7,13H,1-3H3. The highest BCUT2D eigenvalue weighted by molar-refractivity contribution is 5.83. The Morgan fingerprint density at radius 1 is 1.38 bits per heavy atom. The van der Waals surface area contributed by atoms with E-state index in [0.29, 0.717) is 11.1 Å². The maximum absolute atomic E-state index is 10.6. The van der Waals surface area contributed by atoms with Crippen molar-refractivity contribution in [2.45, 2.75) is 26.7 Å². The third-order valence-electron chi connectivity index (χ3n) is 2.14. The van der Waals surface area contributed by atoms with E-state index >= 15 is 0 Å². The molecule has 0 bridgehead atoms. The van der Waals surface area contributed by atoms with E-state index in [1.54, 1.807) is 13.2 Å². The van der Waals surface area contributed by atoms with Crippen LogP contribution in [-0.4, -0.2) is 11.4 Å². The molecule has 1 aromatic rings. The molecule has 1 radical (unpaired) electrons.